The van der Waals surface area contributed by atoms with E-state index in [1.807, 2.05) is 0 Å². The van der Waals surface area contributed by atoms with Crippen LogP contribution in [0.3, 0.4) is 0 Å². The highest BCUT2D eigenvalue weighted by Gasteiger charge is 2.33. The number of aryl methyl sites for hydroxylation is 2. The lowest BCUT2D eigenvalue weighted by molar-refractivity contribution is 0.263. The quantitative estimate of drug-likeness (QED) is 0.621. The average molecular weight is 412 g/mol. The first kappa shape index (κ1) is 21.7. The predicted molar refractivity (Wildman–Crippen MR) is 113 cm³/mol. The minimum Gasteiger partial charge on any atom is -0.303 e. The minimum atomic E-state index is -3.18. The summed E-state index contributed by atoms with van der Waals surface area (Å²) in [4.78, 5) is 4.85. The molecular formula is C20H37N5O2S. The van der Waals surface area contributed by atoms with Crippen LogP contribution in [0.25, 0.3) is 0 Å². The van der Waals surface area contributed by atoms with E-state index in [2.05, 4.69) is 40.4 Å². The van der Waals surface area contributed by atoms with Gasteiger partial charge in [-0.15, -0.1) is 0 Å². The van der Waals surface area contributed by atoms with E-state index in [1.54, 1.807) is 4.31 Å². The monoisotopic (exact) mass is 411 g/mol. The van der Waals surface area contributed by atoms with Gasteiger partial charge in [-0.25, -0.2) is 8.42 Å². The molecule has 0 bridgehead atoms. The number of hydrogen-bond acceptors (Lipinski definition) is 5. The first-order valence-electron chi connectivity index (χ1n) is 10.7. The first-order valence-corrected chi connectivity index (χ1v) is 12.6. The van der Waals surface area contributed by atoms with Crippen molar-refractivity contribution in [1.82, 2.24) is 23.9 Å². The zero-order valence-electron chi connectivity index (χ0n) is 18.0. The smallest absolute Gasteiger partial charge is 0.211 e. The van der Waals surface area contributed by atoms with Crippen molar-refractivity contribution >= 4 is 10.0 Å². The molecule has 28 heavy (non-hydrogen) atoms. The van der Waals surface area contributed by atoms with Crippen molar-refractivity contribution < 1.29 is 8.42 Å². The number of hydrogen-bond donors (Lipinski definition) is 0. The number of aromatic nitrogens is 2. The Bertz CT molecular complexity index is 755. The number of rotatable bonds is 9. The molecule has 3 rings (SSSR count). The minimum absolute atomic E-state index is 0.0930. The molecule has 2 saturated heterocycles. The van der Waals surface area contributed by atoms with Gasteiger partial charge >= 0.3 is 0 Å². The van der Waals surface area contributed by atoms with Crippen molar-refractivity contribution in [2.45, 2.75) is 65.6 Å². The molecule has 0 aromatic carbocycles. The van der Waals surface area contributed by atoms with Gasteiger partial charge in [-0.2, -0.15) is 9.40 Å². The largest absolute Gasteiger partial charge is 0.303 e. The molecular weight excluding hydrogens is 374 g/mol. The molecule has 0 aliphatic carbocycles. The predicted octanol–water partition coefficient (Wildman–Crippen LogP) is 1.84. The van der Waals surface area contributed by atoms with Crippen LogP contribution in [0.1, 0.15) is 49.6 Å². The Kier molecular flexibility index (Phi) is 7.17. The molecule has 1 aromatic rings. The molecule has 0 N–H and O–H groups in total. The third-order valence-electron chi connectivity index (χ3n) is 6.34. The zero-order chi connectivity index (χ0) is 20.3. The molecule has 1 aromatic heterocycles. The normalized spacial score (nSPS) is 22.0. The number of sulfonamides is 1. The lowest BCUT2D eigenvalue weighted by Crippen LogP contribution is -2.42. The lowest BCUT2D eigenvalue weighted by atomic mass is 10.2. The maximum Gasteiger partial charge on any atom is 0.211 e. The van der Waals surface area contributed by atoms with Gasteiger partial charge in [0.25, 0.3) is 0 Å². The summed E-state index contributed by atoms with van der Waals surface area (Å²) in [6.07, 6.45) is 5.76. The van der Waals surface area contributed by atoms with Crippen molar-refractivity contribution in [1.29, 1.82) is 0 Å². The van der Waals surface area contributed by atoms with Gasteiger partial charge < -0.3 is 4.90 Å². The summed E-state index contributed by atoms with van der Waals surface area (Å²) >= 11 is 0. The van der Waals surface area contributed by atoms with Crippen molar-refractivity contribution in [2.75, 3.05) is 45.5 Å². The zero-order valence-corrected chi connectivity index (χ0v) is 18.8. The molecule has 160 valence electrons. The second kappa shape index (κ2) is 9.24. The number of likely N-dealkylation sites (tertiary alicyclic amines) is 2. The molecule has 0 spiro atoms. The second-order valence-electron chi connectivity index (χ2n) is 8.42. The summed E-state index contributed by atoms with van der Waals surface area (Å²) in [5.74, 6) is 0. The fourth-order valence-corrected chi connectivity index (χ4v) is 5.94. The summed E-state index contributed by atoms with van der Waals surface area (Å²) < 4.78 is 28.7. The average Bonchev–Trinajstić information content (AvgIpc) is 3.35. The van der Waals surface area contributed by atoms with Gasteiger partial charge in [0, 0.05) is 50.0 Å². The Morgan fingerprint density at radius 3 is 2.46 bits per heavy atom. The van der Waals surface area contributed by atoms with Crippen LogP contribution in [0.5, 0.6) is 0 Å². The van der Waals surface area contributed by atoms with Crippen LogP contribution >= 0.6 is 0 Å². The van der Waals surface area contributed by atoms with E-state index in [0.717, 1.165) is 51.3 Å². The van der Waals surface area contributed by atoms with Gasteiger partial charge in [0.2, 0.25) is 10.0 Å². The number of nitrogens with zero attached hydrogens (tertiary/aromatic N) is 5. The van der Waals surface area contributed by atoms with Crippen LogP contribution in [0.4, 0.5) is 0 Å². The SMILES string of the molecule is CCn1nc(C)c(CN2CCC(N(CCCN3CCCC3)S(C)(=O)=O)C2)c1C. The van der Waals surface area contributed by atoms with Gasteiger partial charge in [-0.05, 0) is 66.1 Å². The molecule has 2 fully saturated rings. The maximum atomic E-state index is 12.4. The standard InChI is InChI=1S/C20H37N5O2S/c1-5-24-18(3)20(17(2)21-24)16-23-14-9-19(15-23)25(28(4,26)27)13-8-12-22-10-6-7-11-22/h19H,5-16H2,1-4H3. The van der Waals surface area contributed by atoms with Gasteiger partial charge in [0.1, 0.15) is 0 Å². The fourth-order valence-electron chi connectivity index (χ4n) is 4.76. The Balaban J connectivity index is 1.58. The summed E-state index contributed by atoms with van der Waals surface area (Å²) in [7, 11) is -3.18. The summed E-state index contributed by atoms with van der Waals surface area (Å²) in [5.41, 5.74) is 3.62. The molecule has 2 aliphatic rings. The van der Waals surface area contributed by atoms with E-state index >= 15 is 0 Å². The van der Waals surface area contributed by atoms with Crippen molar-refractivity contribution in [3.63, 3.8) is 0 Å². The molecule has 7 nitrogen and oxygen atoms in total. The molecule has 1 atom stereocenters. The van der Waals surface area contributed by atoms with Crippen molar-refractivity contribution in [2.24, 2.45) is 0 Å². The van der Waals surface area contributed by atoms with Gasteiger partial charge in [-0.1, -0.05) is 0 Å². The van der Waals surface area contributed by atoms with E-state index in [0.29, 0.717) is 6.54 Å². The molecule has 2 aliphatic heterocycles. The Hall–Kier alpha value is -0.960. The van der Waals surface area contributed by atoms with E-state index in [9.17, 15) is 8.42 Å². The van der Waals surface area contributed by atoms with Crippen LogP contribution in [0.2, 0.25) is 0 Å². The third-order valence-corrected chi connectivity index (χ3v) is 7.68. The first-order chi connectivity index (χ1) is 13.3. The molecule has 0 amide bonds. The third kappa shape index (κ3) is 5.14. The van der Waals surface area contributed by atoms with Crippen LogP contribution < -0.4 is 0 Å². The highest BCUT2D eigenvalue weighted by atomic mass is 32.2. The van der Waals surface area contributed by atoms with Crippen molar-refractivity contribution in [3.8, 4) is 0 Å². The molecule has 8 heteroatoms. The van der Waals surface area contributed by atoms with E-state index in [-0.39, 0.29) is 6.04 Å². The summed E-state index contributed by atoms with van der Waals surface area (Å²) in [6.45, 7) is 13.8. The molecule has 3 heterocycles. The van der Waals surface area contributed by atoms with E-state index in [4.69, 9.17) is 0 Å². The highest BCUT2D eigenvalue weighted by Crippen LogP contribution is 2.23. The van der Waals surface area contributed by atoms with Crippen LogP contribution in [-0.4, -0.2) is 83.9 Å². The second-order valence-corrected chi connectivity index (χ2v) is 10.4. The summed E-state index contributed by atoms with van der Waals surface area (Å²) in [5, 5.41) is 4.62. The van der Waals surface area contributed by atoms with Gasteiger partial charge in [0.05, 0.1) is 11.9 Å². The topological polar surface area (TPSA) is 61.7 Å². The molecule has 1 unspecified atom stereocenters. The van der Waals surface area contributed by atoms with Crippen molar-refractivity contribution in [3.05, 3.63) is 17.0 Å². The van der Waals surface area contributed by atoms with Crippen LogP contribution in [-0.2, 0) is 23.1 Å². The fraction of sp³-hybridized carbons (Fsp3) is 0.850. The summed E-state index contributed by atoms with van der Waals surface area (Å²) in [6, 6.07) is 0.0930. The molecule has 0 radical (unpaired) electrons. The van der Waals surface area contributed by atoms with Gasteiger partial charge in [-0.3, -0.25) is 9.58 Å². The Labute approximate surface area is 170 Å². The van der Waals surface area contributed by atoms with E-state index in [1.165, 1.54) is 43.4 Å². The van der Waals surface area contributed by atoms with Crippen LogP contribution in [0.15, 0.2) is 0 Å². The Morgan fingerprint density at radius 2 is 1.86 bits per heavy atom. The maximum absolute atomic E-state index is 12.4. The van der Waals surface area contributed by atoms with Crippen LogP contribution in [0, 0.1) is 13.8 Å². The van der Waals surface area contributed by atoms with E-state index < -0.39 is 10.0 Å². The highest BCUT2D eigenvalue weighted by molar-refractivity contribution is 7.88. The molecule has 0 saturated carbocycles. The lowest BCUT2D eigenvalue weighted by Gasteiger charge is -2.27. The Morgan fingerprint density at radius 1 is 1.14 bits per heavy atom. The van der Waals surface area contributed by atoms with Gasteiger partial charge in [0.15, 0.2) is 0 Å².